The van der Waals surface area contributed by atoms with Gasteiger partial charge in [0.1, 0.15) is 0 Å². The molecule has 2 amide bonds. The summed E-state index contributed by atoms with van der Waals surface area (Å²) < 4.78 is 0. The Morgan fingerprint density at radius 2 is 1.08 bits per heavy atom. The van der Waals surface area contributed by atoms with Gasteiger partial charge in [0.05, 0.1) is 0 Å². The smallest absolute Gasteiger partial charge is 0.407 e. The Morgan fingerprint density at radius 1 is 0.833 bits per heavy atom. The molecule has 1 aliphatic rings. The van der Waals surface area contributed by atoms with Gasteiger partial charge in [-0.05, 0) is 0 Å². The van der Waals surface area contributed by atoms with Crippen LogP contribution in [0.1, 0.15) is 0 Å². The average molecular weight is 174 g/mol. The standard InChI is InChI=1S/C6H10N2O4/c9-5(10)7-1-2-8(4-3-7)6(11)12/h1-4H2,(H,9,10)(H,11,12). The lowest BCUT2D eigenvalue weighted by Gasteiger charge is -2.31. The van der Waals surface area contributed by atoms with Crippen LogP contribution in [0.5, 0.6) is 0 Å². The quantitative estimate of drug-likeness (QED) is 0.540. The van der Waals surface area contributed by atoms with Crippen LogP contribution in [0.25, 0.3) is 0 Å². The number of nitrogens with zero attached hydrogens (tertiary/aromatic N) is 2. The van der Waals surface area contributed by atoms with Crippen molar-refractivity contribution < 1.29 is 19.8 Å². The second kappa shape index (κ2) is 3.29. The van der Waals surface area contributed by atoms with Crippen LogP contribution in [0.2, 0.25) is 0 Å². The molecule has 2 N–H and O–H groups in total. The highest BCUT2D eigenvalue weighted by Crippen LogP contribution is 2.01. The van der Waals surface area contributed by atoms with Crippen LogP contribution >= 0.6 is 0 Å². The second-order valence-electron chi connectivity index (χ2n) is 2.54. The average Bonchev–Trinajstić information content (AvgIpc) is 2.04. The maximum Gasteiger partial charge on any atom is 0.407 e. The van der Waals surface area contributed by atoms with Crippen LogP contribution < -0.4 is 0 Å². The molecule has 0 bridgehead atoms. The van der Waals surface area contributed by atoms with Gasteiger partial charge in [-0.25, -0.2) is 9.59 Å². The van der Waals surface area contributed by atoms with Crippen molar-refractivity contribution in [2.24, 2.45) is 0 Å². The SMILES string of the molecule is O=C(O)N1CCN(C(=O)O)CC1. The number of rotatable bonds is 0. The van der Waals surface area contributed by atoms with Gasteiger partial charge < -0.3 is 20.0 Å². The van der Waals surface area contributed by atoms with E-state index >= 15 is 0 Å². The highest BCUT2D eigenvalue weighted by Gasteiger charge is 2.22. The van der Waals surface area contributed by atoms with Crippen molar-refractivity contribution in [2.45, 2.75) is 0 Å². The zero-order valence-electron chi connectivity index (χ0n) is 6.43. The van der Waals surface area contributed by atoms with Crippen LogP contribution in [0.15, 0.2) is 0 Å². The van der Waals surface area contributed by atoms with E-state index in [0.717, 1.165) is 0 Å². The molecule has 1 saturated heterocycles. The lowest BCUT2D eigenvalue weighted by Crippen LogP contribution is -2.49. The highest BCUT2D eigenvalue weighted by atomic mass is 16.4. The number of piperazine rings is 1. The summed E-state index contributed by atoms with van der Waals surface area (Å²) in [5.74, 6) is 0. The lowest BCUT2D eigenvalue weighted by atomic mass is 10.3. The Kier molecular flexibility index (Phi) is 2.37. The predicted molar refractivity (Wildman–Crippen MR) is 39.2 cm³/mol. The molecule has 6 nitrogen and oxygen atoms in total. The van der Waals surface area contributed by atoms with Crippen molar-refractivity contribution in [1.82, 2.24) is 9.80 Å². The molecule has 1 rings (SSSR count). The van der Waals surface area contributed by atoms with Crippen LogP contribution in [-0.2, 0) is 0 Å². The highest BCUT2D eigenvalue weighted by molar-refractivity contribution is 5.67. The fourth-order valence-electron chi connectivity index (χ4n) is 1.09. The van der Waals surface area contributed by atoms with E-state index in [1.54, 1.807) is 0 Å². The zero-order chi connectivity index (χ0) is 9.14. The molecule has 0 aliphatic carbocycles. The molecule has 1 heterocycles. The van der Waals surface area contributed by atoms with Crippen molar-refractivity contribution in [2.75, 3.05) is 26.2 Å². The molecule has 0 atom stereocenters. The normalized spacial score (nSPS) is 17.7. The van der Waals surface area contributed by atoms with E-state index in [2.05, 4.69) is 0 Å². The summed E-state index contributed by atoms with van der Waals surface area (Å²) >= 11 is 0. The van der Waals surface area contributed by atoms with E-state index in [0.29, 0.717) is 0 Å². The largest absolute Gasteiger partial charge is 0.465 e. The predicted octanol–water partition coefficient (Wildman–Crippen LogP) is -0.0400. The van der Waals surface area contributed by atoms with Gasteiger partial charge in [-0.2, -0.15) is 0 Å². The minimum absolute atomic E-state index is 0.266. The molecule has 68 valence electrons. The van der Waals surface area contributed by atoms with Crippen LogP contribution in [0.4, 0.5) is 9.59 Å². The van der Waals surface area contributed by atoms with Crippen molar-refractivity contribution in [3.63, 3.8) is 0 Å². The van der Waals surface area contributed by atoms with E-state index in [1.807, 2.05) is 0 Å². The molecule has 0 unspecified atom stereocenters. The minimum Gasteiger partial charge on any atom is -0.465 e. The number of carbonyl (C=O) groups is 2. The first-order valence-electron chi connectivity index (χ1n) is 3.57. The van der Waals surface area contributed by atoms with Gasteiger partial charge in [0.2, 0.25) is 0 Å². The van der Waals surface area contributed by atoms with Crippen molar-refractivity contribution >= 4 is 12.2 Å². The molecule has 0 saturated carbocycles. The number of amides is 2. The maximum atomic E-state index is 10.4. The van der Waals surface area contributed by atoms with Gasteiger partial charge in [0, 0.05) is 26.2 Å². The number of carboxylic acid groups (broad SMARTS) is 2. The van der Waals surface area contributed by atoms with E-state index in [4.69, 9.17) is 10.2 Å². The third-order valence-corrected chi connectivity index (χ3v) is 1.82. The summed E-state index contributed by atoms with van der Waals surface area (Å²) in [7, 11) is 0. The van der Waals surface area contributed by atoms with Gasteiger partial charge in [0.25, 0.3) is 0 Å². The Hall–Kier alpha value is -1.46. The first kappa shape index (κ1) is 8.63. The second-order valence-corrected chi connectivity index (χ2v) is 2.54. The Labute approximate surface area is 69.0 Å². The van der Waals surface area contributed by atoms with E-state index in [9.17, 15) is 9.59 Å². The summed E-state index contributed by atoms with van der Waals surface area (Å²) in [6.07, 6.45) is -1.97. The van der Waals surface area contributed by atoms with Gasteiger partial charge in [-0.1, -0.05) is 0 Å². The molecule has 0 spiro atoms. The lowest BCUT2D eigenvalue weighted by molar-refractivity contribution is 0.0941. The first-order chi connectivity index (χ1) is 5.61. The van der Waals surface area contributed by atoms with Gasteiger partial charge in [0.15, 0.2) is 0 Å². The van der Waals surface area contributed by atoms with Crippen molar-refractivity contribution in [3.8, 4) is 0 Å². The van der Waals surface area contributed by atoms with Gasteiger partial charge in [-0.3, -0.25) is 0 Å². The molecule has 6 heteroatoms. The summed E-state index contributed by atoms with van der Waals surface area (Å²) in [6, 6.07) is 0. The molecular formula is C6H10N2O4. The number of hydrogen-bond acceptors (Lipinski definition) is 2. The Morgan fingerprint density at radius 3 is 1.25 bits per heavy atom. The fraction of sp³-hybridized carbons (Fsp3) is 0.667. The minimum atomic E-state index is -0.986. The summed E-state index contributed by atoms with van der Waals surface area (Å²) in [6.45, 7) is 1.06. The Balaban J connectivity index is 2.39. The number of hydrogen-bond donors (Lipinski definition) is 2. The molecule has 0 aromatic heterocycles. The summed E-state index contributed by atoms with van der Waals surface area (Å²) in [4.78, 5) is 23.2. The molecule has 0 aromatic carbocycles. The maximum absolute atomic E-state index is 10.4. The third-order valence-electron chi connectivity index (χ3n) is 1.82. The zero-order valence-corrected chi connectivity index (χ0v) is 6.43. The molecule has 0 aromatic rings. The molecule has 0 radical (unpaired) electrons. The molecule has 1 fully saturated rings. The van der Waals surface area contributed by atoms with E-state index in [-0.39, 0.29) is 26.2 Å². The van der Waals surface area contributed by atoms with Crippen LogP contribution in [0.3, 0.4) is 0 Å². The van der Waals surface area contributed by atoms with Gasteiger partial charge >= 0.3 is 12.2 Å². The Bertz CT molecular complexity index is 176. The third kappa shape index (κ3) is 1.77. The van der Waals surface area contributed by atoms with Crippen LogP contribution in [0, 0.1) is 0 Å². The summed E-state index contributed by atoms with van der Waals surface area (Å²) in [5, 5.41) is 17.0. The molecule has 1 aliphatic heterocycles. The van der Waals surface area contributed by atoms with E-state index in [1.165, 1.54) is 9.80 Å². The van der Waals surface area contributed by atoms with Crippen LogP contribution in [-0.4, -0.2) is 58.4 Å². The van der Waals surface area contributed by atoms with E-state index < -0.39 is 12.2 Å². The van der Waals surface area contributed by atoms with Gasteiger partial charge in [-0.15, -0.1) is 0 Å². The molecular weight excluding hydrogens is 164 g/mol. The monoisotopic (exact) mass is 174 g/mol. The summed E-state index contributed by atoms with van der Waals surface area (Å²) in [5.41, 5.74) is 0. The topological polar surface area (TPSA) is 81.1 Å². The van der Waals surface area contributed by atoms with Crippen molar-refractivity contribution in [3.05, 3.63) is 0 Å². The first-order valence-corrected chi connectivity index (χ1v) is 3.57. The fourth-order valence-corrected chi connectivity index (χ4v) is 1.09. The van der Waals surface area contributed by atoms with Crippen molar-refractivity contribution in [1.29, 1.82) is 0 Å². The molecule has 12 heavy (non-hydrogen) atoms.